The summed E-state index contributed by atoms with van der Waals surface area (Å²) in [6.07, 6.45) is 2.73. The summed E-state index contributed by atoms with van der Waals surface area (Å²) in [6.45, 7) is 2.59. The summed E-state index contributed by atoms with van der Waals surface area (Å²) in [4.78, 5) is 11.7. The minimum Gasteiger partial charge on any atom is -0.351 e. The summed E-state index contributed by atoms with van der Waals surface area (Å²) in [7, 11) is 0. The van der Waals surface area contributed by atoms with E-state index < -0.39 is 6.04 Å². The Morgan fingerprint density at radius 3 is 2.72 bits per heavy atom. The molecule has 102 valence electrons. The van der Waals surface area contributed by atoms with E-state index in [4.69, 9.17) is 5.73 Å². The number of hydrogen-bond acceptors (Lipinski definition) is 3. The van der Waals surface area contributed by atoms with Crippen LogP contribution in [0, 0.1) is 6.92 Å². The van der Waals surface area contributed by atoms with Gasteiger partial charge in [0, 0.05) is 6.54 Å². The standard InChI is InChI=1S/C13H20N2OS.ClH/c1-10-5-3-4-6-11(10)9-15-13(16)12(14)7-8-17-2;/h3-6,12H,7-9,14H2,1-2H3,(H,15,16);1H/t12-;/m0./s1. The van der Waals surface area contributed by atoms with E-state index in [0.717, 1.165) is 17.7 Å². The molecule has 0 aliphatic rings. The summed E-state index contributed by atoms with van der Waals surface area (Å²) in [5.74, 6) is 0.848. The Kier molecular flexibility index (Phi) is 8.89. The van der Waals surface area contributed by atoms with E-state index in [1.165, 1.54) is 5.56 Å². The third kappa shape index (κ3) is 5.76. The highest BCUT2D eigenvalue weighted by Gasteiger charge is 2.12. The van der Waals surface area contributed by atoms with E-state index in [1.54, 1.807) is 11.8 Å². The van der Waals surface area contributed by atoms with Crippen molar-refractivity contribution in [3.8, 4) is 0 Å². The summed E-state index contributed by atoms with van der Waals surface area (Å²) in [5, 5.41) is 2.88. The van der Waals surface area contributed by atoms with Crippen LogP contribution in [-0.2, 0) is 11.3 Å². The van der Waals surface area contributed by atoms with Gasteiger partial charge in [-0.2, -0.15) is 11.8 Å². The summed E-state index contributed by atoms with van der Waals surface area (Å²) in [6, 6.07) is 7.62. The molecule has 1 rings (SSSR count). The number of hydrogen-bond donors (Lipinski definition) is 2. The van der Waals surface area contributed by atoms with Crippen molar-refractivity contribution in [2.45, 2.75) is 25.9 Å². The molecule has 0 spiro atoms. The van der Waals surface area contributed by atoms with Crippen LogP contribution in [0.4, 0.5) is 0 Å². The van der Waals surface area contributed by atoms with Crippen LogP contribution in [0.3, 0.4) is 0 Å². The molecule has 0 bridgehead atoms. The smallest absolute Gasteiger partial charge is 0.237 e. The van der Waals surface area contributed by atoms with E-state index in [9.17, 15) is 4.79 Å². The van der Waals surface area contributed by atoms with Crippen molar-refractivity contribution >= 4 is 30.1 Å². The number of halogens is 1. The lowest BCUT2D eigenvalue weighted by Crippen LogP contribution is -2.40. The van der Waals surface area contributed by atoms with Crippen LogP contribution in [0.1, 0.15) is 17.5 Å². The zero-order valence-electron chi connectivity index (χ0n) is 10.8. The van der Waals surface area contributed by atoms with E-state index in [1.807, 2.05) is 37.4 Å². The van der Waals surface area contributed by atoms with Crippen LogP contribution < -0.4 is 11.1 Å². The Morgan fingerprint density at radius 1 is 1.44 bits per heavy atom. The summed E-state index contributed by atoms with van der Waals surface area (Å²) >= 11 is 1.70. The van der Waals surface area contributed by atoms with E-state index in [2.05, 4.69) is 5.32 Å². The van der Waals surface area contributed by atoms with Crippen LogP contribution in [-0.4, -0.2) is 24.0 Å². The average Bonchev–Trinajstić information content (AvgIpc) is 2.34. The van der Waals surface area contributed by atoms with Gasteiger partial charge in [0.2, 0.25) is 5.91 Å². The predicted octanol–water partition coefficient (Wildman–Crippen LogP) is 2.11. The molecule has 3 N–H and O–H groups in total. The Morgan fingerprint density at radius 2 is 2.11 bits per heavy atom. The van der Waals surface area contributed by atoms with Crippen LogP contribution in [0.2, 0.25) is 0 Å². The van der Waals surface area contributed by atoms with Crippen LogP contribution in [0.15, 0.2) is 24.3 Å². The number of benzene rings is 1. The molecular formula is C13H21ClN2OS. The minimum absolute atomic E-state index is 0. The van der Waals surface area contributed by atoms with Gasteiger partial charge in [-0.3, -0.25) is 4.79 Å². The molecular weight excluding hydrogens is 268 g/mol. The molecule has 0 unspecified atom stereocenters. The maximum atomic E-state index is 11.7. The monoisotopic (exact) mass is 288 g/mol. The largest absolute Gasteiger partial charge is 0.351 e. The van der Waals surface area contributed by atoms with Crippen molar-refractivity contribution in [2.75, 3.05) is 12.0 Å². The zero-order chi connectivity index (χ0) is 12.7. The van der Waals surface area contributed by atoms with Gasteiger partial charge in [-0.1, -0.05) is 24.3 Å². The molecule has 0 heterocycles. The summed E-state index contributed by atoms with van der Waals surface area (Å²) in [5.41, 5.74) is 8.10. The first kappa shape index (κ1) is 17.3. The maximum absolute atomic E-state index is 11.7. The van der Waals surface area contributed by atoms with Crippen molar-refractivity contribution in [3.63, 3.8) is 0 Å². The summed E-state index contributed by atoms with van der Waals surface area (Å²) < 4.78 is 0. The number of aryl methyl sites for hydroxylation is 1. The fourth-order valence-electron chi connectivity index (χ4n) is 1.50. The van der Waals surface area contributed by atoms with Gasteiger partial charge in [-0.05, 0) is 36.5 Å². The molecule has 1 amide bonds. The molecule has 5 heteroatoms. The minimum atomic E-state index is -0.397. The van der Waals surface area contributed by atoms with Crippen molar-refractivity contribution in [2.24, 2.45) is 5.73 Å². The number of nitrogens with one attached hydrogen (secondary N) is 1. The molecule has 0 saturated carbocycles. The topological polar surface area (TPSA) is 55.1 Å². The molecule has 0 fully saturated rings. The highest BCUT2D eigenvalue weighted by molar-refractivity contribution is 7.98. The molecule has 3 nitrogen and oxygen atoms in total. The van der Waals surface area contributed by atoms with Crippen LogP contribution in [0.25, 0.3) is 0 Å². The van der Waals surface area contributed by atoms with Crippen molar-refractivity contribution in [1.29, 1.82) is 0 Å². The molecule has 0 aromatic heterocycles. The SMILES string of the molecule is CSCC[C@H](N)C(=O)NCc1ccccc1C.Cl. The highest BCUT2D eigenvalue weighted by Crippen LogP contribution is 2.06. The van der Waals surface area contributed by atoms with Crippen molar-refractivity contribution in [1.82, 2.24) is 5.32 Å². The van der Waals surface area contributed by atoms with E-state index >= 15 is 0 Å². The molecule has 1 aromatic carbocycles. The Labute approximate surface area is 119 Å². The maximum Gasteiger partial charge on any atom is 0.237 e. The van der Waals surface area contributed by atoms with Crippen molar-refractivity contribution < 1.29 is 4.79 Å². The number of amides is 1. The lowest BCUT2D eigenvalue weighted by molar-refractivity contribution is -0.122. The van der Waals surface area contributed by atoms with Crippen LogP contribution in [0.5, 0.6) is 0 Å². The fraction of sp³-hybridized carbons (Fsp3) is 0.462. The molecule has 18 heavy (non-hydrogen) atoms. The molecule has 0 aliphatic carbocycles. The first-order valence-electron chi connectivity index (χ1n) is 5.72. The quantitative estimate of drug-likeness (QED) is 0.843. The van der Waals surface area contributed by atoms with Gasteiger partial charge in [0.15, 0.2) is 0 Å². The van der Waals surface area contributed by atoms with Gasteiger partial charge >= 0.3 is 0 Å². The lowest BCUT2D eigenvalue weighted by Gasteiger charge is -2.12. The van der Waals surface area contributed by atoms with Gasteiger partial charge in [0.05, 0.1) is 6.04 Å². The third-order valence-electron chi connectivity index (χ3n) is 2.68. The third-order valence-corrected chi connectivity index (χ3v) is 3.33. The van der Waals surface area contributed by atoms with Crippen LogP contribution >= 0.6 is 24.2 Å². The normalized spacial score (nSPS) is 11.5. The predicted molar refractivity (Wildman–Crippen MR) is 81.2 cm³/mol. The molecule has 0 saturated heterocycles. The number of carbonyl (C=O) groups excluding carboxylic acids is 1. The van der Waals surface area contributed by atoms with Crippen molar-refractivity contribution in [3.05, 3.63) is 35.4 Å². The second kappa shape index (κ2) is 9.25. The fourth-order valence-corrected chi connectivity index (χ4v) is 1.99. The first-order valence-corrected chi connectivity index (χ1v) is 7.11. The van der Waals surface area contributed by atoms with Gasteiger partial charge in [0.25, 0.3) is 0 Å². The molecule has 0 radical (unpaired) electrons. The Balaban J connectivity index is 0.00000289. The second-order valence-corrected chi connectivity index (χ2v) is 5.02. The van der Waals surface area contributed by atoms with E-state index in [-0.39, 0.29) is 18.3 Å². The molecule has 1 aromatic rings. The first-order chi connectivity index (χ1) is 8.15. The number of carbonyl (C=O) groups is 1. The van der Waals surface area contributed by atoms with Gasteiger partial charge in [0.1, 0.15) is 0 Å². The second-order valence-electron chi connectivity index (χ2n) is 4.03. The number of nitrogens with two attached hydrogens (primary N) is 1. The highest BCUT2D eigenvalue weighted by atomic mass is 35.5. The Hall–Kier alpha value is -0.710. The van der Waals surface area contributed by atoms with E-state index in [0.29, 0.717) is 6.54 Å². The molecule has 1 atom stereocenters. The number of thioether (sulfide) groups is 1. The van der Waals surface area contributed by atoms with Gasteiger partial charge < -0.3 is 11.1 Å². The average molecular weight is 289 g/mol. The number of rotatable bonds is 6. The Bertz CT molecular complexity index is 374. The van der Waals surface area contributed by atoms with Gasteiger partial charge in [-0.25, -0.2) is 0 Å². The molecule has 0 aliphatic heterocycles. The van der Waals surface area contributed by atoms with Gasteiger partial charge in [-0.15, -0.1) is 12.4 Å². The zero-order valence-corrected chi connectivity index (χ0v) is 12.4. The lowest BCUT2D eigenvalue weighted by atomic mass is 10.1.